The van der Waals surface area contributed by atoms with Gasteiger partial charge >= 0.3 is 0 Å². The van der Waals surface area contributed by atoms with Crippen molar-refractivity contribution < 1.29 is 14.3 Å². The topological polar surface area (TPSA) is 67.4 Å². The molecule has 0 radical (unpaired) electrons. The Bertz CT molecular complexity index is 744. The Morgan fingerprint density at radius 1 is 1.25 bits per heavy atom. The van der Waals surface area contributed by atoms with Crippen LogP contribution in [0, 0.1) is 0 Å². The molecule has 1 heterocycles. The van der Waals surface area contributed by atoms with Crippen molar-refractivity contribution in [1.29, 1.82) is 0 Å². The molecule has 124 valence electrons. The molecule has 1 aliphatic rings. The lowest BCUT2D eigenvalue weighted by atomic mass is 10.1. The third-order valence-electron chi connectivity index (χ3n) is 3.99. The maximum Gasteiger partial charge on any atom is 0.262 e. The van der Waals surface area contributed by atoms with Crippen LogP contribution < -0.4 is 15.4 Å². The van der Waals surface area contributed by atoms with Gasteiger partial charge in [0.25, 0.3) is 5.91 Å². The lowest BCUT2D eigenvalue weighted by molar-refractivity contribution is -0.121. The monoisotopic (exact) mass is 324 g/mol. The molecule has 0 aliphatic carbocycles. The van der Waals surface area contributed by atoms with E-state index in [9.17, 15) is 9.59 Å². The number of rotatable bonds is 5. The van der Waals surface area contributed by atoms with E-state index in [1.165, 1.54) is 0 Å². The van der Waals surface area contributed by atoms with Gasteiger partial charge in [0.15, 0.2) is 6.61 Å². The van der Waals surface area contributed by atoms with Crippen LogP contribution in [-0.2, 0) is 16.0 Å². The van der Waals surface area contributed by atoms with Gasteiger partial charge in [-0.2, -0.15) is 0 Å². The van der Waals surface area contributed by atoms with Crippen LogP contribution in [0.1, 0.15) is 30.5 Å². The minimum atomic E-state index is -0.158. The Balaban J connectivity index is 1.55. The first-order valence-electron chi connectivity index (χ1n) is 8.02. The molecule has 2 aromatic rings. The van der Waals surface area contributed by atoms with Crippen LogP contribution >= 0.6 is 0 Å². The molecule has 2 amide bonds. The Morgan fingerprint density at radius 2 is 2.04 bits per heavy atom. The number of benzene rings is 2. The van der Waals surface area contributed by atoms with Crippen LogP contribution in [-0.4, -0.2) is 18.4 Å². The van der Waals surface area contributed by atoms with E-state index in [2.05, 4.69) is 10.6 Å². The molecule has 24 heavy (non-hydrogen) atoms. The van der Waals surface area contributed by atoms with Crippen molar-refractivity contribution in [2.24, 2.45) is 0 Å². The Morgan fingerprint density at radius 3 is 2.83 bits per heavy atom. The third kappa shape index (κ3) is 3.93. The van der Waals surface area contributed by atoms with Crippen LogP contribution in [0.3, 0.4) is 0 Å². The summed E-state index contributed by atoms with van der Waals surface area (Å²) in [6, 6.07) is 15.5. The first kappa shape index (κ1) is 16.1. The molecule has 5 heteroatoms. The average Bonchev–Trinajstić information content (AvgIpc) is 2.60. The summed E-state index contributed by atoms with van der Waals surface area (Å²) in [5.41, 5.74) is 2.74. The molecule has 0 fully saturated rings. The molecule has 1 atom stereocenters. The molecule has 1 unspecified atom stereocenters. The summed E-state index contributed by atoms with van der Waals surface area (Å²) >= 11 is 0. The van der Waals surface area contributed by atoms with E-state index in [1.54, 1.807) is 0 Å². The minimum absolute atomic E-state index is 0.00404. The SMILES string of the molecule is CC(NC(=O)CCc1ccc2c(c1)NC(=O)CO2)c1ccccc1. The fourth-order valence-corrected chi connectivity index (χ4v) is 2.68. The molecule has 0 saturated heterocycles. The molecule has 0 bridgehead atoms. The summed E-state index contributed by atoms with van der Waals surface area (Å²) in [5, 5.41) is 5.78. The van der Waals surface area contributed by atoms with Crippen LogP contribution in [0.4, 0.5) is 5.69 Å². The van der Waals surface area contributed by atoms with Crippen molar-refractivity contribution in [3.05, 3.63) is 59.7 Å². The van der Waals surface area contributed by atoms with Gasteiger partial charge in [0.05, 0.1) is 11.7 Å². The van der Waals surface area contributed by atoms with E-state index < -0.39 is 0 Å². The predicted molar refractivity (Wildman–Crippen MR) is 91.9 cm³/mol. The fraction of sp³-hybridized carbons (Fsp3) is 0.263. The van der Waals surface area contributed by atoms with E-state index in [0.29, 0.717) is 24.3 Å². The molecular formula is C19H20N2O3. The van der Waals surface area contributed by atoms with Crippen molar-refractivity contribution in [2.75, 3.05) is 11.9 Å². The van der Waals surface area contributed by atoms with E-state index in [-0.39, 0.29) is 24.5 Å². The maximum atomic E-state index is 12.1. The molecule has 1 aliphatic heterocycles. The number of aryl methyl sites for hydroxylation is 1. The zero-order valence-electron chi connectivity index (χ0n) is 13.5. The second kappa shape index (κ2) is 7.17. The first-order chi connectivity index (χ1) is 11.6. The van der Waals surface area contributed by atoms with Gasteiger partial charge in [-0.25, -0.2) is 0 Å². The number of nitrogens with one attached hydrogen (secondary N) is 2. The van der Waals surface area contributed by atoms with E-state index >= 15 is 0 Å². The first-order valence-corrected chi connectivity index (χ1v) is 8.02. The third-order valence-corrected chi connectivity index (χ3v) is 3.99. The number of ether oxygens (including phenoxy) is 1. The van der Waals surface area contributed by atoms with Crippen molar-refractivity contribution >= 4 is 17.5 Å². The molecule has 0 saturated carbocycles. The lowest BCUT2D eigenvalue weighted by Gasteiger charge is -2.18. The zero-order valence-corrected chi connectivity index (χ0v) is 13.5. The van der Waals surface area contributed by atoms with Gasteiger partial charge in [0.1, 0.15) is 5.75 Å². The van der Waals surface area contributed by atoms with Crippen molar-refractivity contribution in [2.45, 2.75) is 25.8 Å². The van der Waals surface area contributed by atoms with Gasteiger partial charge in [0, 0.05) is 6.42 Å². The maximum absolute atomic E-state index is 12.1. The van der Waals surface area contributed by atoms with Crippen molar-refractivity contribution in [3.8, 4) is 5.75 Å². The van der Waals surface area contributed by atoms with Gasteiger partial charge in [-0.3, -0.25) is 9.59 Å². The summed E-state index contributed by atoms with van der Waals surface area (Å²) < 4.78 is 5.33. The highest BCUT2D eigenvalue weighted by Crippen LogP contribution is 2.28. The van der Waals surface area contributed by atoms with Crippen molar-refractivity contribution in [1.82, 2.24) is 5.32 Å². The summed E-state index contributed by atoms with van der Waals surface area (Å²) in [6.45, 7) is 2.02. The summed E-state index contributed by atoms with van der Waals surface area (Å²) in [6.07, 6.45) is 1.00. The number of carbonyl (C=O) groups is 2. The number of hydrogen-bond acceptors (Lipinski definition) is 3. The van der Waals surface area contributed by atoms with E-state index in [1.807, 2.05) is 55.5 Å². The summed E-state index contributed by atoms with van der Waals surface area (Å²) in [7, 11) is 0. The number of carbonyl (C=O) groups excluding carboxylic acids is 2. The quantitative estimate of drug-likeness (QED) is 0.889. The lowest BCUT2D eigenvalue weighted by Crippen LogP contribution is -2.27. The highest BCUT2D eigenvalue weighted by Gasteiger charge is 2.16. The molecule has 3 rings (SSSR count). The Kier molecular flexibility index (Phi) is 4.79. The highest BCUT2D eigenvalue weighted by atomic mass is 16.5. The van der Waals surface area contributed by atoms with Gasteiger partial charge in [-0.15, -0.1) is 0 Å². The highest BCUT2D eigenvalue weighted by molar-refractivity contribution is 5.95. The van der Waals surface area contributed by atoms with Crippen LogP contribution in [0.15, 0.2) is 48.5 Å². The van der Waals surface area contributed by atoms with Gasteiger partial charge < -0.3 is 15.4 Å². The summed E-state index contributed by atoms with van der Waals surface area (Å²) in [4.78, 5) is 23.5. The largest absolute Gasteiger partial charge is 0.482 e. The number of amides is 2. The number of anilines is 1. The van der Waals surface area contributed by atoms with Crippen LogP contribution in [0.25, 0.3) is 0 Å². The standard InChI is InChI=1S/C19H20N2O3/c1-13(15-5-3-2-4-6-15)20-18(22)10-8-14-7-9-17-16(11-14)21-19(23)12-24-17/h2-7,9,11,13H,8,10,12H2,1H3,(H,20,22)(H,21,23). The molecule has 5 nitrogen and oxygen atoms in total. The number of hydrogen-bond donors (Lipinski definition) is 2. The Hall–Kier alpha value is -2.82. The molecule has 2 aromatic carbocycles. The smallest absolute Gasteiger partial charge is 0.262 e. The Labute approximate surface area is 141 Å². The van der Waals surface area contributed by atoms with Gasteiger partial charge in [0.2, 0.25) is 5.91 Å². The zero-order chi connectivity index (χ0) is 16.9. The number of fused-ring (bicyclic) bond motifs is 1. The normalized spacial score (nSPS) is 14.1. The molecule has 2 N–H and O–H groups in total. The second-order valence-electron chi connectivity index (χ2n) is 5.87. The molecule has 0 aromatic heterocycles. The minimum Gasteiger partial charge on any atom is -0.482 e. The summed E-state index contributed by atoms with van der Waals surface area (Å²) in [5.74, 6) is 0.513. The van der Waals surface area contributed by atoms with E-state index in [4.69, 9.17) is 4.74 Å². The van der Waals surface area contributed by atoms with Gasteiger partial charge in [-0.1, -0.05) is 36.4 Å². The van der Waals surface area contributed by atoms with Crippen molar-refractivity contribution in [3.63, 3.8) is 0 Å². The molecular weight excluding hydrogens is 304 g/mol. The fourth-order valence-electron chi connectivity index (χ4n) is 2.68. The molecule has 0 spiro atoms. The van der Waals surface area contributed by atoms with E-state index in [0.717, 1.165) is 11.1 Å². The van der Waals surface area contributed by atoms with Crippen LogP contribution in [0.5, 0.6) is 5.75 Å². The average molecular weight is 324 g/mol. The second-order valence-corrected chi connectivity index (χ2v) is 5.87. The van der Waals surface area contributed by atoms with Gasteiger partial charge in [-0.05, 0) is 36.6 Å². The predicted octanol–water partition coefficient (Wildman–Crippen LogP) is 2.83. The van der Waals surface area contributed by atoms with Crippen LogP contribution in [0.2, 0.25) is 0 Å².